The zero-order valence-electron chi connectivity index (χ0n) is 8.08. The van der Waals surface area contributed by atoms with E-state index in [1.54, 1.807) is 12.2 Å². The van der Waals surface area contributed by atoms with Crippen molar-refractivity contribution in [3.63, 3.8) is 0 Å². The molecule has 2 nitrogen and oxygen atoms in total. The Kier molecular flexibility index (Phi) is 6.60. The molecule has 0 radical (unpaired) electrons. The third kappa shape index (κ3) is 5.91. The smallest absolute Gasteiger partial charge is 0.305 e. The van der Waals surface area contributed by atoms with Gasteiger partial charge in [0, 0.05) is 6.42 Å². The summed E-state index contributed by atoms with van der Waals surface area (Å²) in [5, 5.41) is 0. The van der Waals surface area contributed by atoms with Crippen LogP contribution >= 0.6 is 0 Å². The van der Waals surface area contributed by atoms with Gasteiger partial charge in [-0.25, -0.2) is 0 Å². The molecule has 13 heavy (non-hydrogen) atoms. The molecule has 0 aliphatic heterocycles. The Hall–Kier alpha value is -1.31. The predicted molar refractivity (Wildman–Crippen MR) is 54.3 cm³/mol. The van der Waals surface area contributed by atoms with Gasteiger partial charge in [0.25, 0.3) is 0 Å². The zero-order valence-corrected chi connectivity index (χ0v) is 8.08. The van der Waals surface area contributed by atoms with Gasteiger partial charge in [-0.05, 0) is 18.4 Å². The zero-order chi connectivity index (χ0) is 10.1. The quantitative estimate of drug-likeness (QED) is 0.464. The molecule has 0 heterocycles. The summed E-state index contributed by atoms with van der Waals surface area (Å²) in [7, 11) is 1.40. The van der Waals surface area contributed by atoms with Crippen LogP contribution in [-0.2, 0) is 9.53 Å². The van der Waals surface area contributed by atoms with Crippen LogP contribution in [0.5, 0.6) is 0 Å². The van der Waals surface area contributed by atoms with Crippen molar-refractivity contribution in [3.8, 4) is 0 Å². The Morgan fingerprint density at radius 1 is 1.38 bits per heavy atom. The van der Waals surface area contributed by atoms with E-state index in [2.05, 4.69) is 17.9 Å². The summed E-state index contributed by atoms with van der Waals surface area (Å²) < 4.78 is 4.52. The topological polar surface area (TPSA) is 26.3 Å². The lowest BCUT2D eigenvalue weighted by atomic mass is 10.1. The Bertz CT molecular complexity index is 214. The molecule has 0 aliphatic carbocycles. The molecule has 0 aromatic carbocycles. The van der Waals surface area contributed by atoms with Gasteiger partial charge in [0.1, 0.15) is 0 Å². The third-order valence-corrected chi connectivity index (χ3v) is 1.67. The van der Waals surface area contributed by atoms with Gasteiger partial charge in [-0.1, -0.05) is 31.4 Å². The van der Waals surface area contributed by atoms with Crippen molar-refractivity contribution in [2.24, 2.45) is 0 Å². The largest absolute Gasteiger partial charge is 0.469 e. The van der Waals surface area contributed by atoms with Gasteiger partial charge in [0.2, 0.25) is 0 Å². The summed E-state index contributed by atoms with van der Waals surface area (Å²) in [5.74, 6) is -0.165. The Balaban J connectivity index is 3.73. The molecule has 72 valence electrons. The molecule has 0 amide bonds. The molecule has 0 saturated heterocycles. The van der Waals surface area contributed by atoms with Gasteiger partial charge >= 0.3 is 5.97 Å². The minimum Gasteiger partial charge on any atom is -0.469 e. The summed E-state index contributed by atoms with van der Waals surface area (Å²) in [6.07, 6.45) is 7.47. The monoisotopic (exact) mass is 180 g/mol. The van der Waals surface area contributed by atoms with Crippen LogP contribution < -0.4 is 0 Å². The van der Waals surface area contributed by atoms with Crippen molar-refractivity contribution in [2.75, 3.05) is 7.11 Å². The molecule has 0 unspecified atom stereocenters. The van der Waals surface area contributed by atoms with E-state index in [1.807, 2.05) is 6.08 Å². The summed E-state index contributed by atoms with van der Waals surface area (Å²) in [4.78, 5) is 10.8. The Morgan fingerprint density at radius 3 is 2.54 bits per heavy atom. The van der Waals surface area contributed by atoms with Crippen molar-refractivity contribution >= 4 is 5.97 Å². The molecule has 0 fully saturated rings. The van der Waals surface area contributed by atoms with E-state index >= 15 is 0 Å². The van der Waals surface area contributed by atoms with Crippen molar-refractivity contribution in [3.05, 3.63) is 37.0 Å². The second-order valence-electron chi connectivity index (χ2n) is 2.61. The summed E-state index contributed by atoms with van der Waals surface area (Å²) in [6.45, 7) is 7.26. The fraction of sp³-hybridized carbons (Fsp3) is 0.364. The van der Waals surface area contributed by atoms with Crippen LogP contribution in [0, 0.1) is 0 Å². The van der Waals surface area contributed by atoms with E-state index < -0.39 is 0 Å². The van der Waals surface area contributed by atoms with Crippen LogP contribution in [0.15, 0.2) is 37.0 Å². The normalized spacial score (nSPS) is 10.7. The molecule has 0 bridgehead atoms. The number of carbonyl (C=O) groups excluding carboxylic acids is 1. The first-order valence-corrected chi connectivity index (χ1v) is 4.25. The van der Waals surface area contributed by atoms with Crippen molar-refractivity contribution in [2.45, 2.75) is 19.3 Å². The molecule has 0 atom stereocenters. The van der Waals surface area contributed by atoms with Gasteiger partial charge in [-0.2, -0.15) is 0 Å². The van der Waals surface area contributed by atoms with Gasteiger partial charge in [-0.3, -0.25) is 4.79 Å². The number of ether oxygens (including phenoxy) is 1. The van der Waals surface area contributed by atoms with Crippen LogP contribution in [0.3, 0.4) is 0 Å². The molecule has 0 saturated carbocycles. The van der Waals surface area contributed by atoms with Gasteiger partial charge in [0.15, 0.2) is 0 Å². The highest BCUT2D eigenvalue weighted by atomic mass is 16.5. The highest BCUT2D eigenvalue weighted by molar-refractivity contribution is 5.69. The third-order valence-electron chi connectivity index (χ3n) is 1.67. The van der Waals surface area contributed by atoms with Gasteiger partial charge in [-0.15, -0.1) is 0 Å². The average Bonchev–Trinajstić information content (AvgIpc) is 2.16. The van der Waals surface area contributed by atoms with Crippen LogP contribution in [0.1, 0.15) is 19.3 Å². The Morgan fingerprint density at radius 2 is 2.08 bits per heavy atom. The molecular weight excluding hydrogens is 164 g/mol. The number of esters is 1. The molecule has 0 spiro atoms. The fourth-order valence-corrected chi connectivity index (χ4v) is 0.944. The number of hydrogen-bond acceptors (Lipinski definition) is 2. The minimum absolute atomic E-state index is 0.165. The molecule has 0 aromatic rings. The van der Waals surface area contributed by atoms with Crippen LogP contribution in [0.2, 0.25) is 0 Å². The van der Waals surface area contributed by atoms with E-state index in [0.717, 1.165) is 18.4 Å². The average molecular weight is 180 g/mol. The van der Waals surface area contributed by atoms with E-state index in [-0.39, 0.29) is 5.97 Å². The maximum Gasteiger partial charge on any atom is 0.305 e. The minimum atomic E-state index is -0.165. The van der Waals surface area contributed by atoms with Gasteiger partial charge in [0.05, 0.1) is 7.11 Å². The maximum absolute atomic E-state index is 10.8. The van der Waals surface area contributed by atoms with E-state index in [4.69, 9.17) is 0 Å². The number of allylic oxidation sites excluding steroid dienone is 4. The SMILES string of the molecule is C=C/C=C(\C=C)CCCC(=O)OC. The van der Waals surface area contributed by atoms with E-state index in [0.29, 0.717) is 6.42 Å². The first-order valence-electron chi connectivity index (χ1n) is 4.25. The molecular formula is C11H16O2. The van der Waals surface area contributed by atoms with Crippen molar-refractivity contribution < 1.29 is 9.53 Å². The highest BCUT2D eigenvalue weighted by Gasteiger charge is 1.99. The lowest BCUT2D eigenvalue weighted by Gasteiger charge is -2.00. The number of carbonyl (C=O) groups is 1. The number of methoxy groups -OCH3 is 1. The second-order valence-corrected chi connectivity index (χ2v) is 2.61. The lowest BCUT2D eigenvalue weighted by molar-refractivity contribution is -0.140. The fourth-order valence-electron chi connectivity index (χ4n) is 0.944. The summed E-state index contributed by atoms with van der Waals surface area (Å²) >= 11 is 0. The Labute approximate surface area is 79.6 Å². The van der Waals surface area contributed by atoms with Crippen LogP contribution in [0.25, 0.3) is 0 Å². The molecule has 0 aromatic heterocycles. The first-order chi connectivity index (χ1) is 6.24. The standard InChI is InChI=1S/C11H16O2/c1-4-7-10(5-2)8-6-9-11(12)13-3/h4-5,7H,1-2,6,8-9H2,3H3/b10-7+. The lowest BCUT2D eigenvalue weighted by Crippen LogP contribution is -1.99. The molecule has 0 N–H and O–H groups in total. The van der Waals surface area contributed by atoms with E-state index in [1.165, 1.54) is 7.11 Å². The summed E-state index contributed by atoms with van der Waals surface area (Å²) in [6, 6.07) is 0. The highest BCUT2D eigenvalue weighted by Crippen LogP contribution is 2.08. The number of hydrogen-bond donors (Lipinski definition) is 0. The first kappa shape index (κ1) is 11.7. The van der Waals surface area contributed by atoms with Crippen LogP contribution in [-0.4, -0.2) is 13.1 Å². The summed E-state index contributed by atoms with van der Waals surface area (Å²) in [5.41, 5.74) is 1.10. The molecule has 2 heteroatoms. The molecule has 0 rings (SSSR count). The number of rotatable bonds is 6. The van der Waals surface area contributed by atoms with Crippen LogP contribution in [0.4, 0.5) is 0 Å². The van der Waals surface area contributed by atoms with Gasteiger partial charge < -0.3 is 4.74 Å². The maximum atomic E-state index is 10.8. The van der Waals surface area contributed by atoms with E-state index in [9.17, 15) is 4.79 Å². The van der Waals surface area contributed by atoms with Crippen molar-refractivity contribution in [1.29, 1.82) is 0 Å². The second kappa shape index (κ2) is 7.35. The predicted octanol–water partition coefficient (Wildman–Crippen LogP) is 2.63. The van der Waals surface area contributed by atoms with Crippen molar-refractivity contribution in [1.82, 2.24) is 0 Å². The molecule has 0 aliphatic rings.